The van der Waals surface area contributed by atoms with Crippen LogP contribution in [0.4, 0.5) is 0 Å². The first-order valence-corrected chi connectivity index (χ1v) is 6.31. The highest BCUT2D eigenvalue weighted by atomic mass is 32.2. The van der Waals surface area contributed by atoms with Gasteiger partial charge in [-0.3, -0.25) is 0 Å². The van der Waals surface area contributed by atoms with Gasteiger partial charge >= 0.3 is 5.97 Å². The molecule has 0 aromatic heterocycles. The Labute approximate surface area is 99.8 Å². The predicted molar refractivity (Wildman–Crippen MR) is 63.5 cm³/mol. The minimum atomic E-state index is -3.68. The third-order valence-electron chi connectivity index (χ3n) is 2.17. The highest BCUT2D eigenvalue weighted by molar-refractivity contribution is 7.89. The van der Waals surface area contributed by atoms with Crippen molar-refractivity contribution in [3.8, 4) is 0 Å². The Balaban J connectivity index is 3.20. The van der Waals surface area contributed by atoms with Crippen molar-refractivity contribution in [2.45, 2.75) is 11.8 Å². The minimum Gasteiger partial charge on any atom is -0.478 e. The van der Waals surface area contributed by atoms with Gasteiger partial charge in [0, 0.05) is 6.54 Å². The lowest BCUT2D eigenvalue weighted by molar-refractivity contribution is 0.0696. The van der Waals surface area contributed by atoms with E-state index in [4.69, 9.17) is 5.11 Å². The van der Waals surface area contributed by atoms with E-state index in [1.54, 1.807) is 6.92 Å². The molecule has 0 spiro atoms. The van der Waals surface area contributed by atoms with Gasteiger partial charge in [0.05, 0.1) is 10.5 Å². The summed E-state index contributed by atoms with van der Waals surface area (Å²) in [6, 6.07) is 3.97. The van der Waals surface area contributed by atoms with Crippen LogP contribution in [0.5, 0.6) is 0 Å². The number of aryl methyl sites for hydroxylation is 1. The zero-order chi connectivity index (χ0) is 13.1. The van der Waals surface area contributed by atoms with Crippen LogP contribution in [0.15, 0.2) is 35.7 Å². The van der Waals surface area contributed by atoms with Crippen molar-refractivity contribution in [3.05, 3.63) is 42.0 Å². The molecular formula is C11H13NO4S. The Kier molecular flexibility index (Phi) is 4.03. The van der Waals surface area contributed by atoms with E-state index in [1.807, 2.05) is 0 Å². The van der Waals surface area contributed by atoms with E-state index < -0.39 is 16.0 Å². The number of hydrogen-bond donors (Lipinski definition) is 2. The molecule has 0 saturated carbocycles. The monoisotopic (exact) mass is 255 g/mol. The van der Waals surface area contributed by atoms with Crippen molar-refractivity contribution in [3.63, 3.8) is 0 Å². The molecule has 0 amide bonds. The van der Waals surface area contributed by atoms with Crippen LogP contribution < -0.4 is 4.72 Å². The van der Waals surface area contributed by atoms with Gasteiger partial charge in [0.2, 0.25) is 10.0 Å². The Hall–Kier alpha value is -1.66. The van der Waals surface area contributed by atoms with Crippen molar-refractivity contribution in [1.29, 1.82) is 0 Å². The average Bonchev–Trinajstić information content (AvgIpc) is 2.26. The van der Waals surface area contributed by atoms with E-state index in [2.05, 4.69) is 11.3 Å². The van der Waals surface area contributed by atoms with Gasteiger partial charge < -0.3 is 5.11 Å². The zero-order valence-corrected chi connectivity index (χ0v) is 10.1. The van der Waals surface area contributed by atoms with Gasteiger partial charge in [-0.25, -0.2) is 17.9 Å². The minimum absolute atomic E-state index is 0.0218. The summed E-state index contributed by atoms with van der Waals surface area (Å²) in [6.07, 6.45) is 1.41. The van der Waals surface area contributed by atoms with Crippen molar-refractivity contribution in [2.75, 3.05) is 6.54 Å². The van der Waals surface area contributed by atoms with Gasteiger partial charge in [0.25, 0.3) is 0 Å². The summed E-state index contributed by atoms with van der Waals surface area (Å²) in [5.41, 5.74) is 0.492. The number of carbonyl (C=O) groups is 1. The molecule has 0 atom stereocenters. The largest absolute Gasteiger partial charge is 0.478 e. The summed E-state index contributed by atoms with van der Waals surface area (Å²) in [7, 11) is -3.68. The maximum Gasteiger partial charge on any atom is 0.335 e. The van der Waals surface area contributed by atoms with Crippen LogP contribution in [0.25, 0.3) is 0 Å². The van der Waals surface area contributed by atoms with Gasteiger partial charge in [0.15, 0.2) is 0 Å². The first-order chi connectivity index (χ1) is 7.88. The molecule has 0 aliphatic heterocycles. The molecule has 0 aliphatic carbocycles. The third-order valence-corrected chi connectivity index (χ3v) is 3.59. The molecule has 0 bridgehead atoms. The second kappa shape index (κ2) is 5.11. The molecule has 5 nitrogen and oxygen atoms in total. The number of nitrogens with one attached hydrogen (secondary N) is 1. The molecule has 1 rings (SSSR count). The number of aromatic carboxylic acids is 1. The number of benzene rings is 1. The number of carboxylic acid groups (broad SMARTS) is 1. The summed E-state index contributed by atoms with van der Waals surface area (Å²) < 4.78 is 25.7. The lowest BCUT2D eigenvalue weighted by Crippen LogP contribution is -2.24. The topological polar surface area (TPSA) is 83.5 Å². The van der Waals surface area contributed by atoms with Crippen LogP contribution in [-0.2, 0) is 10.0 Å². The van der Waals surface area contributed by atoms with E-state index in [9.17, 15) is 13.2 Å². The maximum atomic E-state index is 11.7. The summed E-state index contributed by atoms with van der Waals surface area (Å²) in [4.78, 5) is 10.8. The van der Waals surface area contributed by atoms with E-state index >= 15 is 0 Å². The number of hydrogen-bond acceptors (Lipinski definition) is 3. The molecule has 0 aliphatic rings. The fraction of sp³-hybridized carbons (Fsp3) is 0.182. The van der Waals surface area contributed by atoms with Gasteiger partial charge in [-0.05, 0) is 24.6 Å². The molecular weight excluding hydrogens is 242 g/mol. The molecule has 1 aromatic carbocycles. The van der Waals surface area contributed by atoms with Crippen molar-refractivity contribution < 1.29 is 18.3 Å². The highest BCUT2D eigenvalue weighted by Crippen LogP contribution is 2.15. The van der Waals surface area contributed by atoms with E-state index in [-0.39, 0.29) is 17.0 Å². The second-order valence-electron chi connectivity index (χ2n) is 3.42. The van der Waals surface area contributed by atoms with Crippen molar-refractivity contribution >= 4 is 16.0 Å². The van der Waals surface area contributed by atoms with Crippen LogP contribution in [0, 0.1) is 6.92 Å². The SMILES string of the molecule is C=CCNS(=O)(=O)c1ccc(C)c(C(=O)O)c1. The summed E-state index contributed by atoms with van der Waals surface area (Å²) in [5, 5.41) is 8.90. The van der Waals surface area contributed by atoms with Gasteiger partial charge in [-0.1, -0.05) is 12.1 Å². The lowest BCUT2D eigenvalue weighted by atomic mass is 10.1. The summed E-state index contributed by atoms with van der Waals surface area (Å²) >= 11 is 0. The molecule has 17 heavy (non-hydrogen) atoms. The molecule has 0 radical (unpaired) electrons. The molecule has 0 unspecified atom stereocenters. The standard InChI is InChI=1S/C11H13NO4S/c1-3-6-12-17(15,16)9-5-4-8(2)10(7-9)11(13)14/h3-5,7,12H,1,6H2,2H3,(H,13,14). The lowest BCUT2D eigenvalue weighted by Gasteiger charge is -2.07. The van der Waals surface area contributed by atoms with Crippen LogP contribution >= 0.6 is 0 Å². The fourth-order valence-electron chi connectivity index (χ4n) is 1.25. The zero-order valence-electron chi connectivity index (χ0n) is 9.30. The molecule has 92 valence electrons. The van der Waals surface area contributed by atoms with Crippen LogP contribution in [-0.4, -0.2) is 26.0 Å². The summed E-state index contributed by atoms with van der Waals surface area (Å²) in [5.74, 6) is -1.15. The average molecular weight is 255 g/mol. The molecule has 2 N–H and O–H groups in total. The second-order valence-corrected chi connectivity index (χ2v) is 5.19. The normalized spacial score (nSPS) is 11.1. The van der Waals surface area contributed by atoms with Crippen LogP contribution in [0.1, 0.15) is 15.9 Å². The third kappa shape index (κ3) is 3.15. The molecule has 0 heterocycles. The van der Waals surface area contributed by atoms with E-state index in [1.165, 1.54) is 18.2 Å². The predicted octanol–water partition coefficient (Wildman–Crippen LogP) is 1.16. The first-order valence-electron chi connectivity index (χ1n) is 4.83. The molecule has 1 aromatic rings. The summed E-state index contributed by atoms with van der Waals surface area (Å²) in [6.45, 7) is 5.10. The van der Waals surface area contributed by atoms with Crippen molar-refractivity contribution in [1.82, 2.24) is 4.72 Å². The van der Waals surface area contributed by atoms with E-state index in [0.29, 0.717) is 5.56 Å². The van der Waals surface area contributed by atoms with Gasteiger partial charge in [-0.15, -0.1) is 6.58 Å². The van der Waals surface area contributed by atoms with Crippen LogP contribution in [0.3, 0.4) is 0 Å². The van der Waals surface area contributed by atoms with Crippen LogP contribution in [0.2, 0.25) is 0 Å². The Bertz CT molecular complexity index is 549. The molecule has 0 fully saturated rings. The van der Waals surface area contributed by atoms with E-state index in [0.717, 1.165) is 6.07 Å². The molecule has 0 saturated heterocycles. The van der Waals surface area contributed by atoms with Gasteiger partial charge in [-0.2, -0.15) is 0 Å². The first kappa shape index (κ1) is 13.4. The Morgan fingerprint density at radius 3 is 2.71 bits per heavy atom. The van der Waals surface area contributed by atoms with Gasteiger partial charge in [0.1, 0.15) is 0 Å². The number of sulfonamides is 1. The Morgan fingerprint density at radius 2 is 2.18 bits per heavy atom. The maximum absolute atomic E-state index is 11.7. The fourth-order valence-corrected chi connectivity index (χ4v) is 2.27. The van der Waals surface area contributed by atoms with Crippen molar-refractivity contribution in [2.24, 2.45) is 0 Å². The number of rotatable bonds is 5. The Morgan fingerprint density at radius 1 is 1.53 bits per heavy atom. The highest BCUT2D eigenvalue weighted by Gasteiger charge is 2.16. The smallest absolute Gasteiger partial charge is 0.335 e. The number of carboxylic acids is 1. The quantitative estimate of drug-likeness (QED) is 0.773. The molecule has 6 heteroatoms.